The Bertz CT molecular complexity index is 1210. The summed E-state index contributed by atoms with van der Waals surface area (Å²) in [6.07, 6.45) is 17.6. The quantitative estimate of drug-likeness (QED) is 0.109. The molecule has 0 saturated carbocycles. The zero-order chi connectivity index (χ0) is 28.6. The Kier molecular flexibility index (Phi) is 16.3. The van der Waals surface area contributed by atoms with Crippen molar-refractivity contribution in [2.75, 3.05) is 11.9 Å². The first-order valence-electron chi connectivity index (χ1n) is 15.1. The van der Waals surface area contributed by atoms with Crippen molar-refractivity contribution >= 4 is 28.7 Å². The standard InChI is InChI=1S/C34H46N2O3S.ClH/c1-4-5-6-7-8-9-10-11-12-13-14-15-23-39-33-28(18-17-21-31(33)27(2)37)26-32(38)35-30-20-16-19-29(25-30)34-36(3)22-24-40-34;/h16-22,24-25H,4-15,23,26H2,1-3H3;1H. The first-order valence-corrected chi connectivity index (χ1v) is 16.0. The Morgan fingerprint density at radius 1 is 0.878 bits per heavy atom. The molecular weight excluding hydrogens is 552 g/mol. The predicted molar refractivity (Wildman–Crippen MR) is 166 cm³/mol. The van der Waals surface area contributed by atoms with Crippen LogP contribution in [0.4, 0.5) is 5.69 Å². The molecule has 0 aliphatic heterocycles. The lowest BCUT2D eigenvalue weighted by atomic mass is 10.0. The van der Waals surface area contributed by atoms with Crippen LogP contribution in [0, 0.1) is 0 Å². The van der Waals surface area contributed by atoms with E-state index in [0.29, 0.717) is 17.9 Å². The van der Waals surface area contributed by atoms with Gasteiger partial charge < -0.3 is 22.5 Å². The Morgan fingerprint density at radius 2 is 1.51 bits per heavy atom. The molecule has 1 amide bonds. The molecule has 0 saturated heterocycles. The highest BCUT2D eigenvalue weighted by molar-refractivity contribution is 7.12. The molecule has 1 heterocycles. The number of aromatic nitrogens is 1. The van der Waals surface area contributed by atoms with E-state index < -0.39 is 0 Å². The van der Waals surface area contributed by atoms with Gasteiger partial charge in [-0.1, -0.05) is 107 Å². The average Bonchev–Trinajstić information content (AvgIpc) is 3.37. The number of para-hydroxylation sites is 1. The number of carbonyl (C=O) groups excluding carboxylic acids is 2. The number of amides is 1. The highest BCUT2D eigenvalue weighted by atomic mass is 35.5. The van der Waals surface area contributed by atoms with Crippen molar-refractivity contribution in [2.24, 2.45) is 7.05 Å². The highest BCUT2D eigenvalue weighted by Gasteiger charge is 2.17. The maximum Gasteiger partial charge on any atom is 0.268 e. The average molecular weight is 599 g/mol. The van der Waals surface area contributed by atoms with Crippen molar-refractivity contribution in [3.63, 3.8) is 0 Å². The summed E-state index contributed by atoms with van der Waals surface area (Å²) in [5.74, 6) is 0.361. The summed E-state index contributed by atoms with van der Waals surface area (Å²) in [6, 6.07) is 13.4. The molecule has 3 rings (SSSR count). The largest absolute Gasteiger partial charge is 1.00 e. The van der Waals surface area contributed by atoms with E-state index in [9.17, 15) is 9.59 Å². The first-order chi connectivity index (χ1) is 19.5. The maximum absolute atomic E-state index is 13.0. The normalized spacial score (nSPS) is 10.7. The molecule has 224 valence electrons. The molecule has 1 aromatic heterocycles. The molecule has 7 heteroatoms. The van der Waals surface area contributed by atoms with Gasteiger partial charge in [0, 0.05) is 11.3 Å². The van der Waals surface area contributed by atoms with Gasteiger partial charge in [0.25, 0.3) is 5.01 Å². The third-order valence-electron chi connectivity index (χ3n) is 7.25. The molecule has 0 atom stereocenters. The number of rotatable bonds is 19. The van der Waals surface area contributed by atoms with Crippen LogP contribution in [-0.4, -0.2) is 18.3 Å². The fraction of sp³-hybridized carbons (Fsp3) is 0.500. The van der Waals surface area contributed by atoms with E-state index in [1.165, 1.54) is 64.2 Å². The lowest BCUT2D eigenvalue weighted by Crippen LogP contribution is -3.00. The fourth-order valence-corrected chi connectivity index (χ4v) is 5.87. The van der Waals surface area contributed by atoms with Crippen molar-refractivity contribution in [1.29, 1.82) is 0 Å². The number of hydrogen-bond donors (Lipinski definition) is 1. The van der Waals surface area contributed by atoms with E-state index in [-0.39, 0.29) is 30.5 Å². The Morgan fingerprint density at radius 3 is 2.12 bits per heavy atom. The Hall–Kier alpha value is -2.70. The number of nitrogens with one attached hydrogen (secondary N) is 1. The van der Waals surface area contributed by atoms with Crippen LogP contribution >= 0.6 is 11.3 Å². The second kappa shape index (κ2) is 19.4. The summed E-state index contributed by atoms with van der Waals surface area (Å²) in [5.41, 5.74) is 3.08. The number of Topliss-reactive ketones (excluding diaryl/α,β-unsaturated/α-hetero) is 1. The third-order valence-corrected chi connectivity index (χ3v) is 8.25. The van der Waals surface area contributed by atoms with Crippen LogP contribution < -0.4 is 27.0 Å². The number of ketones is 1. The van der Waals surface area contributed by atoms with Gasteiger partial charge in [0.05, 0.1) is 29.5 Å². The zero-order valence-electron chi connectivity index (χ0n) is 25.1. The molecular formula is C34H47ClN2O3S. The minimum Gasteiger partial charge on any atom is -1.00 e. The molecule has 1 N–H and O–H groups in total. The fourth-order valence-electron chi connectivity index (χ4n) is 5.01. The molecule has 5 nitrogen and oxygen atoms in total. The van der Waals surface area contributed by atoms with Crippen molar-refractivity contribution in [2.45, 2.75) is 97.3 Å². The minimum absolute atomic E-state index is 0. The van der Waals surface area contributed by atoms with Crippen LogP contribution in [0.1, 0.15) is 107 Å². The van der Waals surface area contributed by atoms with Gasteiger partial charge in [-0.2, -0.15) is 4.57 Å². The van der Waals surface area contributed by atoms with Gasteiger partial charge >= 0.3 is 0 Å². The van der Waals surface area contributed by atoms with E-state index in [2.05, 4.69) is 16.8 Å². The number of unbranched alkanes of at least 4 members (excludes halogenated alkanes) is 11. The minimum atomic E-state index is -0.136. The smallest absolute Gasteiger partial charge is 0.268 e. The Labute approximate surface area is 257 Å². The van der Waals surface area contributed by atoms with E-state index in [4.69, 9.17) is 4.74 Å². The molecule has 3 aromatic rings. The molecule has 41 heavy (non-hydrogen) atoms. The van der Waals surface area contributed by atoms with Gasteiger partial charge in [-0.25, -0.2) is 0 Å². The molecule has 0 fully saturated rings. The molecule has 0 unspecified atom stereocenters. The molecule has 0 spiro atoms. The van der Waals surface area contributed by atoms with Gasteiger partial charge in [0.1, 0.15) is 12.8 Å². The third kappa shape index (κ3) is 12.0. The molecule has 0 aliphatic rings. The van der Waals surface area contributed by atoms with Crippen LogP contribution in [0.2, 0.25) is 0 Å². The van der Waals surface area contributed by atoms with Crippen LogP contribution in [0.5, 0.6) is 5.75 Å². The summed E-state index contributed by atoms with van der Waals surface area (Å²) in [7, 11) is 2.01. The maximum atomic E-state index is 13.0. The number of carbonyl (C=O) groups is 2. The predicted octanol–water partition coefficient (Wildman–Crippen LogP) is 5.71. The summed E-state index contributed by atoms with van der Waals surface area (Å²) in [4.78, 5) is 25.3. The second-order valence-corrected chi connectivity index (χ2v) is 11.6. The van der Waals surface area contributed by atoms with Crippen LogP contribution in [0.3, 0.4) is 0 Å². The van der Waals surface area contributed by atoms with Crippen molar-refractivity contribution < 1.29 is 31.3 Å². The van der Waals surface area contributed by atoms with Gasteiger partial charge in [0.2, 0.25) is 5.91 Å². The van der Waals surface area contributed by atoms with Crippen LogP contribution in [-0.2, 0) is 18.3 Å². The molecule has 2 aromatic carbocycles. The zero-order valence-corrected chi connectivity index (χ0v) is 26.6. The first kappa shape index (κ1) is 34.5. The Balaban J connectivity index is 0.00000588. The van der Waals surface area contributed by atoms with Gasteiger partial charge in [-0.3, -0.25) is 9.59 Å². The lowest BCUT2D eigenvalue weighted by Gasteiger charge is -2.15. The van der Waals surface area contributed by atoms with E-state index in [0.717, 1.165) is 34.7 Å². The lowest BCUT2D eigenvalue weighted by molar-refractivity contribution is -0.655. The van der Waals surface area contributed by atoms with Gasteiger partial charge in [-0.15, -0.1) is 0 Å². The van der Waals surface area contributed by atoms with Crippen molar-refractivity contribution in [1.82, 2.24) is 0 Å². The SMILES string of the molecule is CCCCCCCCCCCCCCOc1c(CC(=O)Nc2cccc(-c3scc[n+]3C)c2)cccc1C(C)=O.[Cl-]. The summed E-state index contributed by atoms with van der Waals surface area (Å²) in [5, 5.41) is 6.19. The summed E-state index contributed by atoms with van der Waals surface area (Å²) < 4.78 is 8.22. The number of benzene rings is 2. The second-order valence-electron chi connectivity index (χ2n) is 10.7. The monoisotopic (exact) mass is 598 g/mol. The number of thiazole rings is 1. The number of ether oxygens (including phenoxy) is 1. The number of hydrogen-bond acceptors (Lipinski definition) is 4. The molecule has 0 radical (unpaired) electrons. The van der Waals surface area contributed by atoms with Gasteiger partial charge in [0.15, 0.2) is 12.0 Å². The highest BCUT2D eigenvalue weighted by Crippen LogP contribution is 2.27. The van der Waals surface area contributed by atoms with Crippen molar-refractivity contribution in [3.8, 4) is 16.3 Å². The number of halogens is 1. The van der Waals surface area contributed by atoms with E-state index in [1.54, 1.807) is 24.3 Å². The van der Waals surface area contributed by atoms with Crippen LogP contribution in [0.15, 0.2) is 54.0 Å². The number of anilines is 1. The topological polar surface area (TPSA) is 59.3 Å². The number of nitrogens with zero attached hydrogens (tertiary/aromatic N) is 1. The van der Waals surface area contributed by atoms with Gasteiger partial charge in [-0.05, 0) is 37.6 Å². The van der Waals surface area contributed by atoms with Crippen molar-refractivity contribution in [3.05, 3.63) is 65.2 Å². The molecule has 0 aliphatic carbocycles. The molecule has 0 bridgehead atoms. The summed E-state index contributed by atoms with van der Waals surface area (Å²) >= 11 is 1.66. The number of aryl methyl sites for hydroxylation is 1. The summed E-state index contributed by atoms with van der Waals surface area (Å²) in [6.45, 7) is 4.36. The van der Waals surface area contributed by atoms with Crippen LogP contribution in [0.25, 0.3) is 10.6 Å². The van der Waals surface area contributed by atoms with E-state index >= 15 is 0 Å². The van der Waals surface area contributed by atoms with E-state index in [1.807, 2.05) is 55.0 Å².